The number of hydrogen-bond acceptors (Lipinski definition) is 4. The average molecular weight is 297 g/mol. The summed E-state index contributed by atoms with van der Waals surface area (Å²) in [7, 11) is 2.17. The predicted octanol–water partition coefficient (Wildman–Crippen LogP) is 2.88. The van der Waals surface area contributed by atoms with E-state index in [0.29, 0.717) is 5.15 Å². The second-order valence-corrected chi connectivity index (χ2v) is 7.04. The lowest BCUT2D eigenvalue weighted by atomic mass is 9.95. The van der Waals surface area contributed by atoms with Crippen LogP contribution in [0.5, 0.6) is 0 Å². The van der Waals surface area contributed by atoms with Gasteiger partial charge in [-0.25, -0.2) is 9.97 Å². The highest BCUT2D eigenvalue weighted by Crippen LogP contribution is 2.28. The van der Waals surface area contributed by atoms with Crippen LogP contribution in [0.15, 0.2) is 0 Å². The Morgan fingerprint density at radius 2 is 1.75 bits per heavy atom. The molecule has 0 amide bonds. The van der Waals surface area contributed by atoms with Crippen molar-refractivity contribution < 1.29 is 0 Å². The van der Waals surface area contributed by atoms with Crippen LogP contribution in [0.1, 0.15) is 38.6 Å². The van der Waals surface area contributed by atoms with E-state index >= 15 is 0 Å². The number of rotatable bonds is 1. The van der Waals surface area contributed by atoms with Gasteiger partial charge in [-0.2, -0.15) is 0 Å². The van der Waals surface area contributed by atoms with Crippen LogP contribution in [-0.4, -0.2) is 48.1 Å². The molecule has 1 aliphatic rings. The lowest BCUT2D eigenvalue weighted by molar-refractivity contribution is 0.360. The zero-order chi connectivity index (χ0) is 14.9. The van der Waals surface area contributed by atoms with Crippen molar-refractivity contribution in [1.29, 1.82) is 0 Å². The van der Waals surface area contributed by atoms with E-state index in [2.05, 4.69) is 42.6 Å². The van der Waals surface area contributed by atoms with Gasteiger partial charge >= 0.3 is 0 Å². The third-order valence-corrected chi connectivity index (χ3v) is 4.12. The first-order valence-corrected chi connectivity index (χ1v) is 7.65. The van der Waals surface area contributed by atoms with Gasteiger partial charge in [0.25, 0.3) is 0 Å². The molecular weight excluding hydrogens is 272 g/mol. The molecule has 4 nitrogen and oxygen atoms in total. The van der Waals surface area contributed by atoms with Gasteiger partial charge in [-0.3, -0.25) is 0 Å². The Morgan fingerprint density at radius 1 is 1.05 bits per heavy atom. The fourth-order valence-corrected chi connectivity index (χ4v) is 2.54. The predicted molar refractivity (Wildman–Crippen MR) is 84.8 cm³/mol. The Labute approximate surface area is 127 Å². The summed E-state index contributed by atoms with van der Waals surface area (Å²) < 4.78 is 0. The van der Waals surface area contributed by atoms with Crippen molar-refractivity contribution in [3.05, 3.63) is 16.5 Å². The topological polar surface area (TPSA) is 32.3 Å². The molecule has 0 unspecified atom stereocenters. The summed E-state index contributed by atoms with van der Waals surface area (Å²) in [5.74, 6) is 1.82. The lowest BCUT2D eigenvalue weighted by Crippen LogP contribution is -2.31. The Hall–Kier alpha value is -0.870. The molecule has 0 N–H and O–H groups in total. The minimum atomic E-state index is -0.0886. The maximum Gasteiger partial charge on any atom is 0.137 e. The maximum atomic E-state index is 6.33. The molecule has 1 aromatic heterocycles. The van der Waals surface area contributed by atoms with E-state index in [4.69, 9.17) is 16.6 Å². The molecule has 1 fully saturated rings. The SMILES string of the molecule is Cc1c(Cl)nc(C(C)(C)C)nc1N1CCCN(C)CC1. The van der Waals surface area contributed by atoms with Crippen molar-refractivity contribution in [3.8, 4) is 0 Å². The van der Waals surface area contributed by atoms with Crippen molar-refractivity contribution in [2.45, 2.75) is 39.5 Å². The monoisotopic (exact) mass is 296 g/mol. The van der Waals surface area contributed by atoms with Crippen LogP contribution >= 0.6 is 11.6 Å². The maximum absolute atomic E-state index is 6.33. The van der Waals surface area contributed by atoms with Crippen LogP contribution in [0.4, 0.5) is 5.82 Å². The minimum absolute atomic E-state index is 0.0886. The second-order valence-electron chi connectivity index (χ2n) is 6.68. The smallest absolute Gasteiger partial charge is 0.137 e. The van der Waals surface area contributed by atoms with Crippen molar-refractivity contribution in [1.82, 2.24) is 14.9 Å². The van der Waals surface area contributed by atoms with E-state index in [1.54, 1.807) is 0 Å². The van der Waals surface area contributed by atoms with Crippen LogP contribution in [0.3, 0.4) is 0 Å². The molecule has 0 spiro atoms. The van der Waals surface area contributed by atoms with Gasteiger partial charge in [-0.15, -0.1) is 0 Å². The van der Waals surface area contributed by atoms with Gasteiger partial charge in [0.15, 0.2) is 0 Å². The molecule has 0 aromatic carbocycles. The van der Waals surface area contributed by atoms with Crippen LogP contribution in [0, 0.1) is 6.92 Å². The molecule has 1 aliphatic heterocycles. The first-order valence-electron chi connectivity index (χ1n) is 7.27. The molecule has 0 radical (unpaired) electrons. The molecule has 2 heterocycles. The van der Waals surface area contributed by atoms with Crippen LogP contribution in [0.2, 0.25) is 5.15 Å². The van der Waals surface area contributed by atoms with Crippen LogP contribution in [0.25, 0.3) is 0 Å². The average Bonchev–Trinajstić information content (AvgIpc) is 2.56. The first-order chi connectivity index (χ1) is 9.29. The number of anilines is 1. The number of nitrogens with zero attached hydrogens (tertiary/aromatic N) is 4. The Balaban J connectivity index is 2.37. The fourth-order valence-electron chi connectivity index (χ4n) is 2.38. The molecule has 2 rings (SSSR count). The minimum Gasteiger partial charge on any atom is -0.355 e. The molecule has 1 saturated heterocycles. The fraction of sp³-hybridized carbons (Fsp3) is 0.733. The third-order valence-electron chi connectivity index (χ3n) is 3.75. The van der Waals surface area contributed by atoms with Gasteiger partial charge in [0.2, 0.25) is 0 Å². The van der Waals surface area contributed by atoms with Gasteiger partial charge < -0.3 is 9.80 Å². The Bertz CT molecular complexity index is 481. The highest BCUT2D eigenvalue weighted by atomic mass is 35.5. The largest absolute Gasteiger partial charge is 0.355 e. The molecule has 112 valence electrons. The highest BCUT2D eigenvalue weighted by molar-refractivity contribution is 6.30. The van der Waals surface area contributed by atoms with E-state index in [0.717, 1.165) is 49.8 Å². The number of halogens is 1. The summed E-state index contributed by atoms with van der Waals surface area (Å²) in [5, 5.41) is 0.581. The number of likely N-dealkylation sites (N-methyl/N-ethyl adjacent to an activating group) is 1. The zero-order valence-corrected chi connectivity index (χ0v) is 14.0. The van der Waals surface area contributed by atoms with Crippen molar-refractivity contribution >= 4 is 17.4 Å². The molecule has 0 bridgehead atoms. The van der Waals surface area contributed by atoms with Crippen LogP contribution < -0.4 is 4.90 Å². The third kappa shape index (κ3) is 3.41. The summed E-state index contributed by atoms with van der Waals surface area (Å²) in [6.45, 7) is 12.6. The first kappa shape index (κ1) is 15.5. The van der Waals surface area contributed by atoms with Gasteiger partial charge in [-0.05, 0) is 26.9 Å². The van der Waals surface area contributed by atoms with Crippen molar-refractivity contribution in [2.75, 3.05) is 38.1 Å². The molecule has 0 saturated carbocycles. The van der Waals surface area contributed by atoms with E-state index < -0.39 is 0 Å². The standard InChI is InChI=1S/C15H25ClN4/c1-11-12(16)17-14(15(2,3)4)18-13(11)20-8-6-7-19(5)9-10-20/h6-10H2,1-5H3. The Kier molecular flexibility index (Phi) is 4.55. The van der Waals surface area contributed by atoms with E-state index in [1.807, 2.05) is 6.92 Å². The second kappa shape index (κ2) is 5.86. The normalized spacial score (nSPS) is 18.2. The van der Waals surface area contributed by atoms with E-state index in [-0.39, 0.29) is 5.41 Å². The Morgan fingerprint density at radius 3 is 2.40 bits per heavy atom. The van der Waals surface area contributed by atoms with Gasteiger partial charge in [0, 0.05) is 30.6 Å². The highest BCUT2D eigenvalue weighted by Gasteiger charge is 2.23. The van der Waals surface area contributed by atoms with E-state index in [9.17, 15) is 0 Å². The van der Waals surface area contributed by atoms with Crippen molar-refractivity contribution in [2.24, 2.45) is 0 Å². The molecular formula is C15H25ClN4. The zero-order valence-electron chi connectivity index (χ0n) is 13.2. The van der Waals surface area contributed by atoms with Gasteiger partial charge in [-0.1, -0.05) is 32.4 Å². The summed E-state index contributed by atoms with van der Waals surface area (Å²) >= 11 is 6.33. The summed E-state index contributed by atoms with van der Waals surface area (Å²) in [6, 6.07) is 0. The molecule has 1 aromatic rings. The number of aromatic nitrogens is 2. The summed E-state index contributed by atoms with van der Waals surface area (Å²) in [4.78, 5) is 14.0. The van der Waals surface area contributed by atoms with Crippen molar-refractivity contribution in [3.63, 3.8) is 0 Å². The molecule has 5 heteroatoms. The quantitative estimate of drug-likeness (QED) is 0.746. The van der Waals surface area contributed by atoms with Gasteiger partial charge in [0.05, 0.1) is 0 Å². The number of hydrogen-bond donors (Lipinski definition) is 0. The lowest BCUT2D eigenvalue weighted by Gasteiger charge is -2.26. The molecule has 0 atom stereocenters. The molecule has 0 aliphatic carbocycles. The van der Waals surface area contributed by atoms with E-state index in [1.165, 1.54) is 0 Å². The summed E-state index contributed by atoms with van der Waals surface area (Å²) in [5.41, 5.74) is 0.901. The molecule has 20 heavy (non-hydrogen) atoms. The van der Waals surface area contributed by atoms with Crippen LogP contribution in [-0.2, 0) is 5.41 Å². The van der Waals surface area contributed by atoms with Gasteiger partial charge in [0.1, 0.15) is 16.8 Å². The summed E-state index contributed by atoms with van der Waals surface area (Å²) in [6.07, 6.45) is 1.16.